The van der Waals surface area contributed by atoms with E-state index in [4.69, 9.17) is 5.26 Å². The molecule has 0 aliphatic heterocycles. The monoisotopic (exact) mass is 265 g/mol. The summed E-state index contributed by atoms with van der Waals surface area (Å²) in [4.78, 5) is 16.0. The van der Waals surface area contributed by atoms with Crippen molar-refractivity contribution in [3.8, 4) is 6.07 Å². The first-order valence-corrected chi connectivity index (χ1v) is 6.34. The number of nitrogens with zero attached hydrogens (tertiary/aromatic N) is 2. The lowest BCUT2D eigenvalue weighted by atomic mass is 10.1. The first kappa shape index (κ1) is 13.8. The lowest BCUT2D eigenvalue weighted by Crippen LogP contribution is -2.24. The normalized spacial score (nSPS) is 9.80. The molecule has 0 bridgehead atoms. The Kier molecular flexibility index (Phi) is 4.46. The molecule has 0 radical (unpaired) electrons. The van der Waals surface area contributed by atoms with Crippen molar-refractivity contribution >= 4 is 5.91 Å². The van der Waals surface area contributed by atoms with Gasteiger partial charge >= 0.3 is 0 Å². The Morgan fingerprint density at radius 1 is 1.20 bits per heavy atom. The molecule has 1 heterocycles. The zero-order valence-electron chi connectivity index (χ0n) is 11.3. The van der Waals surface area contributed by atoms with Crippen LogP contribution in [0.1, 0.15) is 22.4 Å². The third-order valence-electron chi connectivity index (χ3n) is 2.91. The third-order valence-corrected chi connectivity index (χ3v) is 2.91. The van der Waals surface area contributed by atoms with E-state index in [1.807, 2.05) is 19.1 Å². The van der Waals surface area contributed by atoms with Gasteiger partial charge in [0.1, 0.15) is 0 Å². The molecule has 0 saturated carbocycles. The van der Waals surface area contributed by atoms with Crippen LogP contribution in [0, 0.1) is 18.3 Å². The molecule has 1 amide bonds. The number of hydrogen-bond donors (Lipinski definition) is 1. The number of aryl methyl sites for hydroxylation is 1. The molecule has 0 aliphatic rings. The van der Waals surface area contributed by atoms with E-state index >= 15 is 0 Å². The molecule has 0 spiro atoms. The maximum atomic E-state index is 11.8. The number of rotatable bonds is 4. The molecule has 20 heavy (non-hydrogen) atoms. The van der Waals surface area contributed by atoms with E-state index in [1.54, 1.807) is 30.5 Å². The van der Waals surface area contributed by atoms with Gasteiger partial charge in [0.2, 0.25) is 5.91 Å². The highest BCUT2D eigenvalue weighted by molar-refractivity contribution is 5.78. The molecule has 0 unspecified atom stereocenters. The number of pyridine rings is 1. The highest BCUT2D eigenvalue weighted by Crippen LogP contribution is 2.04. The highest BCUT2D eigenvalue weighted by atomic mass is 16.1. The van der Waals surface area contributed by atoms with Gasteiger partial charge in [0.15, 0.2) is 0 Å². The van der Waals surface area contributed by atoms with E-state index < -0.39 is 0 Å². The lowest BCUT2D eigenvalue weighted by Gasteiger charge is -2.05. The Morgan fingerprint density at radius 3 is 2.50 bits per heavy atom. The van der Waals surface area contributed by atoms with Gasteiger partial charge in [0.25, 0.3) is 0 Å². The predicted molar refractivity (Wildman–Crippen MR) is 75.7 cm³/mol. The number of nitrogens with one attached hydrogen (secondary N) is 1. The van der Waals surface area contributed by atoms with Crippen LogP contribution in [-0.2, 0) is 17.8 Å². The van der Waals surface area contributed by atoms with Gasteiger partial charge in [-0.3, -0.25) is 9.78 Å². The fraction of sp³-hybridized carbons (Fsp3) is 0.188. The minimum Gasteiger partial charge on any atom is -0.352 e. The topological polar surface area (TPSA) is 65.8 Å². The van der Waals surface area contributed by atoms with Gasteiger partial charge in [0, 0.05) is 18.4 Å². The Morgan fingerprint density at radius 2 is 1.90 bits per heavy atom. The van der Waals surface area contributed by atoms with Crippen LogP contribution in [0.2, 0.25) is 0 Å². The van der Waals surface area contributed by atoms with Gasteiger partial charge in [-0.2, -0.15) is 5.26 Å². The van der Waals surface area contributed by atoms with Gasteiger partial charge in [-0.25, -0.2) is 0 Å². The van der Waals surface area contributed by atoms with Crippen LogP contribution < -0.4 is 5.32 Å². The summed E-state index contributed by atoms with van der Waals surface area (Å²) >= 11 is 0. The van der Waals surface area contributed by atoms with Crippen molar-refractivity contribution in [2.75, 3.05) is 0 Å². The van der Waals surface area contributed by atoms with E-state index in [9.17, 15) is 4.79 Å². The number of aromatic nitrogens is 1. The van der Waals surface area contributed by atoms with Crippen molar-refractivity contribution in [2.45, 2.75) is 19.9 Å². The number of benzene rings is 1. The standard InChI is InChI=1S/C16H15N3O/c1-12-2-3-15(10-18-12)11-19-16(20)8-13-4-6-14(9-17)7-5-13/h2-7,10H,8,11H2,1H3,(H,19,20). The molecule has 100 valence electrons. The summed E-state index contributed by atoms with van der Waals surface area (Å²) in [5.74, 6) is -0.0460. The van der Waals surface area contributed by atoms with Crippen molar-refractivity contribution in [2.24, 2.45) is 0 Å². The van der Waals surface area contributed by atoms with Crippen LogP contribution >= 0.6 is 0 Å². The van der Waals surface area contributed by atoms with E-state index in [0.717, 1.165) is 16.8 Å². The summed E-state index contributed by atoms with van der Waals surface area (Å²) in [6, 6.07) is 12.9. The van der Waals surface area contributed by atoms with Crippen LogP contribution in [0.3, 0.4) is 0 Å². The first-order valence-electron chi connectivity index (χ1n) is 6.34. The van der Waals surface area contributed by atoms with Crippen molar-refractivity contribution in [3.05, 3.63) is 65.0 Å². The van der Waals surface area contributed by atoms with Crippen molar-refractivity contribution in [3.63, 3.8) is 0 Å². The second-order valence-corrected chi connectivity index (χ2v) is 4.57. The van der Waals surface area contributed by atoms with Crippen LogP contribution in [0.25, 0.3) is 0 Å². The molecule has 2 aromatic rings. The lowest BCUT2D eigenvalue weighted by molar-refractivity contribution is -0.120. The largest absolute Gasteiger partial charge is 0.352 e. The quantitative estimate of drug-likeness (QED) is 0.920. The van der Waals surface area contributed by atoms with E-state index in [1.165, 1.54) is 0 Å². The first-order chi connectivity index (χ1) is 9.67. The average Bonchev–Trinajstić information content (AvgIpc) is 2.47. The maximum Gasteiger partial charge on any atom is 0.224 e. The second kappa shape index (κ2) is 6.48. The molecule has 4 heteroatoms. The molecule has 4 nitrogen and oxygen atoms in total. The van der Waals surface area contributed by atoms with E-state index in [0.29, 0.717) is 18.5 Å². The zero-order chi connectivity index (χ0) is 14.4. The Bertz CT molecular complexity index is 624. The zero-order valence-corrected chi connectivity index (χ0v) is 11.3. The number of carbonyl (C=O) groups is 1. The van der Waals surface area contributed by atoms with Crippen LogP contribution in [0.5, 0.6) is 0 Å². The molecule has 1 N–H and O–H groups in total. The SMILES string of the molecule is Cc1ccc(CNC(=O)Cc2ccc(C#N)cc2)cn1. The minimum atomic E-state index is -0.0460. The molecule has 0 aliphatic carbocycles. The molecular formula is C16H15N3O. The average molecular weight is 265 g/mol. The summed E-state index contributed by atoms with van der Waals surface area (Å²) < 4.78 is 0. The van der Waals surface area contributed by atoms with Crippen molar-refractivity contribution in [1.82, 2.24) is 10.3 Å². The van der Waals surface area contributed by atoms with Gasteiger partial charge in [-0.15, -0.1) is 0 Å². The van der Waals surface area contributed by atoms with E-state index in [-0.39, 0.29) is 5.91 Å². The van der Waals surface area contributed by atoms with Gasteiger partial charge in [-0.05, 0) is 36.2 Å². The van der Waals surface area contributed by atoms with Crippen LogP contribution in [-0.4, -0.2) is 10.9 Å². The summed E-state index contributed by atoms with van der Waals surface area (Å²) in [5.41, 5.74) is 3.42. The number of hydrogen-bond acceptors (Lipinski definition) is 3. The molecule has 0 saturated heterocycles. The van der Waals surface area contributed by atoms with Crippen molar-refractivity contribution in [1.29, 1.82) is 5.26 Å². The highest BCUT2D eigenvalue weighted by Gasteiger charge is 2.03. The predicted octanol–water partition coefficient (Wildman–Crippen LogP) is 2.12. The van der Waals surface area contributed by atoms with Crippen LogP contribution in [0.15, 0.2) is 42.6 Å². The molecule has 1 aromatic carbocycles. The van der Waals surface area contributed by atoms with Crippen molar-refractivity contribution < 1.29 is 4.79 Å². The maximum absolute atomic E-state index is 11.8. The van der Waals surface area contributed by atoms with Gasteiger partial charge in [0.05, 0.1) is 18.1 Å². The summed E-state index contributed by atoms with van der Waals surface area (Å²) in [6.45, 7) is 2.40. The van der Waals surface area contributed by atoms with Gasteiger partial charge in [-0.1, -0.05) is 18.2 Å². The van der Waals surface area contributed by atoms with Crippen LogP contribution in [0.4, 0.5) is 0 Å². The second-order valence-electron chi connectivity index (χ2n) is 4.57. The number of carbonyl (C=O) groups excluding carboxylic acids is 1. The van der Waals surface area contributed by atoms with E-state index in [2.05, 4.69) is 16.4 Å². The third kappa shape index (κ3) is 3.92. The molecule has 0 fully saturated rings. The van der Waals surface area contributed by atoms with Gasteiger partial charge < -0.3 is 5.32 Å². The molecule has 0 atom stereocenters. The fourth-order valence-corrected chi connectivity index (χ4v) is 1.75. The Labute approximate surface area is 118 Å². The number of amides is 1. The summed E-state index contributed by atoms with van der Waals surface area (Å²) in [6.07, 6.45) is 2.07. The number of nitriles is 1. The Hall–Kier alpha value is -2.67. The minimum absolute atomic E-state index is 0.0460. The summed E-state index contributed by atoms with van der Waals surface area (Å²) in [7, 11) is 0. The Balaban J connectivity index is 1.86. The molecule has 1 aromatic heterocycles. The molecular weight excluding hydrogens is 250 g/mol. The fourth-order valence-electron chi connectivity index (χ4n) is 1.75. The molecule has 2 rings (SSSR count). The smallest absolute Gasteiger partial charge is 0.224 e. The summed E-state index contributed by atoms with van der Waals surface area (Å²) in [5, 5.41) is 11.6.